The van der Waals surface area contributed by atoms with Crippen LogP contribution in [-0.2, 0) is 10.0 Å². The number of benzene rings is 1. The Labute approximate surface area is 122 Å². The lowest BCUT2D eigenvalue weighted by molar-refractivity contribution is 0.288. The third-order valence-corrected chi connectivity index (χ3v) is 5.65. The lowest BCUT2D eigenvalue weighted by atomic mass is 9.98. The highest BCUT2D eigenvalue weighted by Crippen LogP contribution is 2.20. The topological polar surface area (TPSA) is 49.4 Å². The molecule has 0 amide bonds. The van der Waals surface area contributed by atoms with Gasteiger partial charge in [0.05, 0.1) is 4.90 Å². The summed E-state index contributed by atoms with van der Waals surface area (Å²) >= 11 is 0. The van der Waals surface area contributed by atoms with Crippen molar-refractivity contribution in [3.8, 4) is 0 Å². The molecule has 0 aliphatic carbocycles. The molecule has 0 bridgehead atoms. The predicted octanol–water partition coefficient (Wildman–Crippen LogP) is 2.09. The Morgan fingerprint density at radius 2 is 1.85 bits per heavy atom. The van der Waals surface area contributed by atoms with E-state index in [0.717, 1.165) is 32.4 Å². The van der Waals surface area contributed by atoms with E-state index in [9.17, 15) is 8.42 Å². The quantitative estimate of drug-likeness (QED) is 0.874. The van der Waals surface area contributed by atoms with Gasteiger partial charge >= 0.3 is 0 Å². The lowest BCUT2D eigenvalue weighted by Gasteiger charge is -2.29. The minimum Gasteiger partial charge on any atom is -0.317 e. The predicted molar refractivity (Wildman–Crippen MR) is 81.1 cm³/mol. The molecular weight excluding hydrogens is 272 g/mol. The van der Waals surface area contributed by atoms with E-state index in [1.807, 2.05) is 13.0 Å². The molecule has 0 saturated carbocycles. The first-order valence-electron chi connectivity index (χ1n) is 7.40. The Hall–Kier alpha value is -0.910. The maximum atomic E-state index is 12.7. The summed E-state index contributed by atoms with van der Waals surface area (Å²) in [6.07, 6.45) is 2.96. The van der Waals surface area contributed by atoms with Crippen molar-refractivity contribution >= 4 is 10.0 Å². The number of sulfonamides is 1. The molecule has 1 fully saturated rings. The van der Waals surface area contributed by atoms with Gasteiger partial charge in [0.25, 0.3) is 0 Å². The van der Waals surface area contributed by atoms with E-state index in [1.54, 1.807) is 28.6 Å². The zero-order valence-corrected chi connectivity index (χ0v) is 12.9. The summed E-state index contributed by atoms with van der Waals surface area (Å²) in [6.45, 7) is 5.26. The molecular formula is C15H24N2O2S. The standard InChI is InChI=1S/C15H24N2O2S/c1-2-12-17(13-14-8-10-16-11-9-14)20(18,19)15-6-4-3-5-7-15/h3-7,14,16H,2,8-13H2,1H3. The molecule has 4 nitrogen and oxygen atoms in total. The molecule has 0 aromatic heterocycles. The van der Waals surface area contributed by atoms with Crippen LogP contribution in [0.1, 0.15) is 26.2 Å². The first-order valence-corrected chi connectivity index (χ1v) is 8.84. The average Bonchev–Trinajstić information content (AvgIpc) is 2.49. The third kappa shape index (κ3) is 3.81. The van der Waals surface area contributed by atoms with Gasteiger partial charge < -0.3 is 5.32 Å². The van der Waals surface area contributed by atoms with E-state index in [0.29, 0.717) is 23.9 Å². The van der Waals surface area contributed by atoms with Gasteiger partial charge in [0, 0.05) is 13.1 Å². The van der Waals surface area contributed by atoms with E-state index < -0.39 is 10.0 Å². The molecule has 20 heavy (non-hydrogen) atoms. The second kappa shape index (κ2) is 7.20. The van der Waals surface area contributed by atoms with Gasteiger partial charge in [-0.1, -0.05) is 25.1 Å². The monoisotopic (exact) mass is 296 g/mol. The van der Waals surface area contributed by atoms with Crippen LogP contribution in [0.5, 0.6) is 0 Å². The van der Waals surface area contributed by atoms with Crippen LogP contribution in [0.3, 0.4) is 0 Å². The molecule has 0 radical (unpaired) electrons. The average molecular weight is 296 g/mol. The first-order chi connectivity index (χ1) is 9.64. The highest BCUT2D eigenvalue weighted by atomic mass is 32.2. The van der Waals surface area contributed by atoms with Crippen molar-refractivity contribution in [2.24, 2.45) is 5.92 Å². The van der Waals surface area contributed by atoms with Crippen LogP contribution < -0.4 is 5.32 Å². The fourth-order valence-corrected chi connectivity index (χ4v) is 4.28. The second-order valence-electron chi connectivity index (χ2n) is 5.37. The highest BCUT2D eigenvalue weighted by molar-refractivity contribution is 7.89. The lowest BCUT2D eigenvalue weighted by Crippen LogP contribution is -2.39. The molecule has 1 aromatic carbocycles. The van der Waals surface area contributed by atoms with Crippen LogP contribution in [0.15, 0.2) is 35.2 Å². The molecule has 1 saturated heterocycles. The van der Waals surface area contributed by atoms with Crippen molar-refractivity contribution < 1.29 is 8.42 Å². The molecule has 1 N–H and O–H groups in total. The van der Waals surface area contributed by atoms with Crippen molar-refractivity contribution in [2.75, 3.05) is 26.2 Å². The number of nitrogens with one attached hydrogen (secondary N) is 1. The van der Waals surface area contributed by atoms with Crippen LogP contribution in [0.2, 0.25) is 0 Å². The summed E-state index contributed by atoms with van der Waals surface area (Å²) in [5.74, 6) is 0.473. The van der Waals surface area contributed by atoms with Gasteiger partial charge in [-0.15, -0.1) is 0 Å². The van der Waals surface area contributed by atoms with E-state index in [2.05, 4.69) is 5.32 Å². The van der Waals surface area contributed by atoms with Crippen LogP contribution in [-0.4, -0.2) is 38.9 Å². The summed E-state index contributed by atoms with van der Waals surface area (Å²) in [6, 6.07) is 8.76. The van der Waals surface area contributed by atoms with Gasteiger partial charge in [-0.25, -0.2) is 8.42 Å². The molecule has 5 heteroatoms. The Morgan fingerprint density at radius 3 is 2.45 bits per heavy atom. The Morgan fingerprint density at radius 1 is 1.20 bits per heavy atom. The van der Waals surface area contributed by atoms with Crippen molar-refractivity contribution in [3.05, 3.63) is 30.3 Å². The Bertz CT molecular complexity index is 496. The Balaban J connectivity index is 2.14. The molecule has 2 rings (SSSR count). The largest absolute Gasteiger partial charge is 0.317 e. The maximum Gasteiger partial charge on any atom is 0.243 e. The summed E-state index contributed by atoms with van der Waals surface area (Å²) < 4.78 is 27.1. The fourth-order valence-electron chi connectivity index (χ4n) is 2.65. The molecule has 1 aliphatic heterocycles. The third-order valence-electron chi connectivity index (χ3n) is 3.77. The molecule has 112 valence electrons. The van der Waals surface area contributed by atoms with Gasteiger partial charge in [0.2, 0.25) is 10.0 Å². The SMILES string of the molecule is CCCN(CC1CCNCC1)S(=O)(=O)c1ccccc1. The molecule has 0 unspecified atom stereocenters. The number of piperidine rings is 1. The highest BCUT2D eigenvalue weighted by Gasteiger charge is 2.26. The smallest absolute Gasteiger partial charge is 0.243 e. The zero-order valence-electron chi connectivity index (χ0n) is 12.1. The maximum absolute atomic E-state index is 12.7. The normalized spacial score (nSPS) is 17.5. The first kappa shape index (κ1) is 15.5. The molecule has 1 heterocycles. The van der Waals surface area contributed by atoms with Crippen molar-refractivity contribution in [2.45, 2.75) is 31.1 Å². The van der Waals surface area contributed by atoms with Crippen molar-refractivity contribution in [3.63, 3.8) is 0 Å². The molecule has 1 aromatic rings. The van der Waals surface area contributed by atoms with Crippen molar-refractivity contribution in [1.29, 1.82) is 0 Å². The Kier molecular flexibility index (Phi) is 5.57. The molecule has 0 atom stereocenters. The molecule has 0 spiro atoms. The van der Waals surface area contributed by atoms with Crippen molar-refractivity contribution in [1.82, 2.24) is 9.62 Å². The molecule has 1 aliphatic rings. The van der Waals surface area contributed by atoms with Gasteiger partial charge in [-0.2, -0.15) is 4.31 Å². The number of hydrogen-bond donors (Lipinski definition) is 1. The van der Waals surface area contributed by atoms with Gasteiger partial charge in [0.15, 0.2) is 0 Å². The number of hydrogen-bond acceptors (Lipinski definition) is 3. The summed E-state index contributed by atoms with van der Waals surface area (Å²) in [7, 11) is -3.35. The number of rotatable bonds is 6. The summed E-state index contributed by atoms with van der Waals surface area (Å²) in [4.78, 5) is 0.405. The minimum absolute atomic E-state index is 0.405. The van der Waals surface area contributed by atoms with E-state index in [-0.39, 0.29) is 0 Å². The van der Waals surface area contributed by atoms with Gasteiger partial charge in [0.1, 0.15) is 0 Å². The van der Waals surface area contributed by atoms with E-state index in [4.69, 9.17) is 0 Å². The summed E-state index contributed by atoms with van der Waals surface area (Å²) in [5.41, 5.74) is 0. The van der Waals surface area contributed by atoms with Gasteiger partial charge in [-0.3, -0.25) is 0 Å². The van der Waals surface area contributed by atoms with Gasteiger partial charge in [-0.05, 0) is 50.4 Å². The minimum atomic E-state index is -3.35. The van der Waals surface area contributed by atoms with Crippen LogP contribution in [0, 0.1) is 5.92 Å². The van der Waals surface area contributed by atoms with Crippen LogP contribution >= 0.6 is 0 Å². The van der Waals surface area contributed by atoms with E-state index >= 15 is 0 Å². The van der Waals surface area contributed by atoms with E-state index in [1.165, 1.54) is 0 Å². The van der Waals surface area contributed by atoms with Crippen LogP contribution in [0.4, 0.5) is 0 Å². The number of nitrogens with zero attached hydrogens (tertiary/aromatic N) is 1. The van der Waals surface area contributed by atoms with Crippen LogP contribution in [0.25, 0.3) is 0 Å². The second-order valence-corrected chi connectivity index (χ2v) is 7.31. The summed E-state index contributed by atoms with van der Waals surface area (Å²) in [5, 5.41) is 3.32. The fraction of sp³-hybridized carbons (Fsp3) is 0.600. The zero-order chi connectivity index (χ0) is 14.4.